The van der Waals surface area contributed by atoms with Crippen molar-refractivity contribution in [3.63, 3.8) is 0 Å². The SMILES string of the molecule is Cc1cc(C)c(C(=O)COC=O)cn1. The van der Waals surface area contributed by atoms with Crippen LogP contribution in [0, 0.1) is 13.8 Å². The number of ketones is 1. The van der Waals surface area contributed by atoms with Gasteiger partial charge in [0.25, 0.3) is 6.47 Å². The van der Waals surface area contributed by atoms with Crippen molar-refractivity contribution in [2.45, 2.75) is 13.8 Å². The second-order valence-corrected chi connectivity index (χ2v) is 2.97. The van der Waals surface area contributed by atoms with E-state index in [0.717, 1.165) is 11.3 Å². The molecule has 1 heterocycles. The number of Topliss-reactive ketones (excluding diaryl/α,β-unsaturated/α-hetero) is 1. The Morgan fingerprint density at radius 2 is 2.29 bits per heavy atom. The van der Waals surface area contributed by atoms with Crippen molar-refractivity contribution in [3.05, 3.63) is 29.1 Å². The molecule has 1 rings (SSSR count). The normalized spacial score (nSPS) is 9.57. The molecule has 0 aliphatic heterocycles. The first-order valence-corrected chi connectivity index (χ1v) is 4.17. The Kier molecular flexibility index (Phi) is 3.34. The predicted octanol–water partition coefficient (Wildman–Crippen LogP) is 1.05. The number of aromatic nitrogens is 1. The molecule has 0 aliphatic carbocycles. The van der Waals surface area contributed by atoms with Crippen molar-refractivity contribution < 1.29 is 14.3 Å². The number of nitrogens with zero attached hydrogens (tertiary/aromatic N) is 1. The number of ether oxygens (including phenoxy) is 1. The summed E-state index contributed by atoms with van der Waals surface area (Å²) in [6.07, 6.45) is 1.50. The van der Waals surface area contributed by atoms with Gasteiger partial charge in [0.05, 0.1) is 0 Å². The number of hydrogen-bond donors (Lipinski definition) is 0. The van der Waals surface area contributed by atoms with Crippen molar-refractivity contribution in [3.8, 4) is 0 Å². The highest BCUT2D eigenvalue weighted by molar-refractivity contribution is 5.98. The van der Waals surface area contributed by atoms with Gasteiger partial charge in [0.15, 0.2) is 6.61 Å². The number of aryl methyl sites for hydroxylation is 2. The van der Waals surface area contributed by atoms with E-state index in [0.29, 0.717) is 5.56 Å². The molecule has 0 atom stereocenters. The molecule has 0 amide bonds. The van der Waals surface area contributed by atoms with Gasteiger partial charge in [-0.25, -0.2) is 0 Å². The van der Waals surface area contributed by atoms with E-state index >= 15 is 0 Å². The molecule has 0 saturated carbocycles. The molecule has 4 heteroatoms. The summed E-state index contributed by atoms with van der Waals surface area (Å²) in [7, 11) is 0. The molecule has 0 radical (unpaired) electrons. The minimum Gasteiger partial charge on any atom is -0.459 e. The van der Waals surface area contributed by atoms with Crippen LogP contribution in [-0.4, -0.2) is 23.8 Å². The summed E-state index contributed by atoms with van der Waals surface area (Å²) in [5, 5.41) is 0. The fraction of sp³-hybridized carbons (Fsp3) is 0.300. The molecule has 0 aromatic carbocycles. The van der Waals surface area contributed by atoms with Gasteiger partial charge in [-0.1, -0.05) is 0 Å². The van der Waals surface area contributed by atoms with Crippen LogP contribution < -0.4 is 0 Å². The van der Waals surface area contributed by atoms with Crippen molar-refractivity contribution in [1.82, 2.24) is 4.98 Å². The minimum atomic E-state index is -0.234. The highest BCUT2D eigenvalue weighted by atomic mass is 16.5. The third kappa shape index (κ3) is 2.39. The monoisotopic (exact) mass is 193 g/mol. The van der Waals surface area contributed by atoms with Crippen LogP contribution >= 0.6 is 0 Å². The molecule has 0 fully saturated rings. The molecule has 0 aliphatic rings. The van der Waals surface area contributed by atoms with E-state index in [1.807, 2.05) is 19.9 Å². The Morgan fingerprint density at radius 1 is 1.57 bits per heavy atom. The van der Waals surface area contributed by atoms with Gasteiger partial charge >= 0.3 is 0 Å². The largest absolute Gasteiger partial charge is 0.459 e. The quantitative estimate of drug-likeness (QED) is 0.530. The van der Waals surface area contributed by atoms with Crippen LogP contribution in [0.5, 0.6) is 0 Å². The molecular formula is C10H11NO3. The first-order valence-electron chi connectivity index (χ1n) is 4.17. The van der Waals surface area contributed by atoms with Crippen molar-refractivity contribution >= 4 is 12.3 Å². The maximum Gasteiger partial charge on any atom is 0.293 e. The molecule has 1 aromatic rings. The van der Waals surface area contributed by atoms with Gasteiger partial charge in [0.1, 0.15) is 0 Å². The van der Waals surface area contributed by atoms with E-state index in [1.54, 1.807) is 0 Å². The maximum atomic E-state index is 11.4. The van der Waals surface area contributed by atoms with Gasteiger partial charge in [-0.2, -0.15) is 0 Å². The molecule has 0 saturated heterocycles. The molecule has 14 heavy (non-hydrogen) atoms. The van der Waals surface area contributed by atoms with E-state index in [9.17, 15) is 9.59 Å². The lowest BCUT2D eigenvalue weighted by atomic mass is 10.1. The van der Waals surface area contributed by atoms with Gasteiger partial charge in [0.2, 0.25) is 5.78 Å². The number of pyridine rings is 1. The van der Waals surface area contributed by atoms with Crippen LogP contribution in [0.1, 0.15) is 21.6 Å². The number of carbonyl (C=O) groups is 2. The highest BCUT2D eigenvalue weighted by Gasteiger charge is 2.09. The van der Waals surface area contributed by atoms with E-state index in [-0.39, 0.29) is 18.9 Å². The minimum absolute atomic E-state index is 0.227. The van der Waals surface area contributed by atoms with Gasteiger partial charge < -0.3 is 4.74 Å². The second kappa shape index (κ2) is 4.50. The molecule has 4 nitrogen and oxygen atoms in total. The van der Waals surface area contributed by atoms with Gasteiger partial charge in [-0.3, -0.25) is 14.6 Å². The van der Waals surface area contributed by atoms with Crippen LogP contribution in [-0.2, 0) is 9.53 Å². The molecule has 0 spiro atoms. The molecule has 0 unspecified atom stereocenters. The molecular weight excluding hydrogens is 182 g/mol. The molecule has 0 N–H and O–H groups in total. The highest BCUT2D eigenvalue weighted by Crippen LogP contribution is 2.08. The zero-order valence-corrected chi connectivity index (χ0v) is 8.11. The van der Waals surface area contributed by atoms with E-state index in [4.69, 9.17) is 0 Å². The number of rotatable bonds is 4. The summed E-state index contributed by atoms with van der Waals surface area (Å²) < 4.78 is 4.38. The first kappa shape index (κ1) is 10.4. The summed E-state index contributed by atoms with van der Waals surface area (Å²) in [6.45, 7) is 3.70. The Labute approximate surface area is 81.9 Å². The zero-order valence-electron chi connectivity index (χ0n) is 8.11. The van der Waals surface area contributed by atoms with Crippen molar-refractivity contribution in [2.75, 3.05) is 6.61 Å². The van der Waals surface area contributed by atoms with Gasteiger partial charge in [-0.05, 0) is 25.5 Å². The lowest BCUT2D eigenvalue weighted by Gasteiger charge is -2.03. The van der Waals surface area contributed by atoms with E-state index in [2.05, 4.69) is 9.72 Å². The van der Waals surface area contributed by atoms with Crippen LogP contribution in [0.2, 0.25) is 0 Å². The van der Waals surface area contributed by atoms with Crippen LogP contribution in [0.3, 0.4) is 0 Å². The van der Waals surface area contributed by atoms with Gasteiger partial charge in [-0.15, -0.1) is 0 Å². The summed E-state index contributed by atoms with van der Waals surface area (Å²) in [4.78, 5) is 25.3. The van der Waals surface area contributed by atoms with Crippen molar-refractivity contribution in [1.29, 1.82) is 0 Å². The fourth-order valence-corrected chi connectivity index (χ4v) is 1.18. The number of carbonyl (C=O) groups excluding carboxylic acids is 2. The Bertz CT molecular complexity index is 360. The Morgan fingerprint density at radius 3 is 2.86 bits per heavy atom. The molecule has 0 bridgehead atoms. The van der Waals surface area contributed by atoms with Crippen LogP contribution in [0.4, 0.5) is 0 Å². The first-order chi connectivity index (χ1) is 6.65. The Hall–Kier alpha value is -1.71. The summed E-state index contributed by atoms with van der Waals surface area (Å²) in [5.74, 6) is -0.234. The lowest BCUT2D eigenvalue weighted by molar-refractivity contribution is -0.127. The average molecular weight is 193 g/mol. The molecule has 74 valence electrons. The smallest absolute Gasteiger partial charge is 0.293 e. The summed E-state index contributed by atoms with van der Waals surface area (Å²) in [6, 6.07) is 1.81. The van der Waals surface area contributed by atoms with Crippen LogP contribution in [0.15, 0.2) is 12.3 Å². The summed E-state index contributed by atoms with van der Waals surface area (Å²) in [5.41, 5.74) is 2.20. The molecule has 1 aromatic heterocycles. The van der Waals surface area contributed by atoms with E-state index in [1.165, 1.54) is 6.20 Å². The summed E-state index contributed by atoms with van der Waals surface area (Å²) >= 11 is 0. The topological polar surface area (TPSA) is 56.3 Å². The Balaban J connectivity index is 2.84. The zero-order chi connectivity index (χ0) is 10.6. The predicted molar refractivity (Wildman–Crippen MR) is 50.1 cm³/mol. The van der Waals surface area contributed by atoms with E-state index < -0.39 is 0 Å². The lowest BCUT2D eigenvalue weighted by Crippen LogP contribution is -2.10. The van der Waals surface area contributed by atoms with Gasteiger partial charge in [0, 0.05) is 17.5 Å². The third-order valence-corrected chi connectivity index (χ3v) is 1.83. The van der Waals surface area contributed by atoms with Crippen molar-refractivity contribution in [2.24, 2.45) is 0 Å². The van der Waals surface area contributed by atoms with Crippen LogP contribution in [0.25, 0.3) is 0 Å². The second-order valence-electron chi connectivity index (χ2n) is 2.97. The average Bonchev–Trinajstić information content (AvgIpc) is 2.14. The number of hydrogen-bond acceptors (Lipinski definition) is 4. The third-order valence-electron chi connectivity index (χ3n) is 1.83. The fourth-order valence-electron chi connectivity index (χ4n) is 1.18. The standard InChI is InChI=1S/C10H11NO3/c1-7-3-8(2)11-4-9(7)10(13)5-14-6-12/h3-4,6H,5H2,1-2H3. The maximum absolute atomic E-state index is 11.4.